The second-order valence-electron chi connectivity index (χ2n) is 4.22. The van der Waals surface area contributed by atoms with E-state index in [2.05, 4.69) is 15.2 Å². The average molecular weight is 232 g/mol. The minimum Gasteiger partial charge on any atom is -0.530 e. The molecule has 1 aromatic heterocycles. The third-order valence-corrected chi connectivity index (χ3v) is 2.50. The Morgan fingerprint density at radius 3 is 2.88 bits per heavy atom. The smallest absolute Gasteiger partial charge is 0.138 e. The number of carbonyl (C=O) groups is 1. The molecule has 0 saturated heterocycles. The number of benzene rings is 1. The van der Waals surface area contributed by atoms with Gasteiger partial charge in [-0.25, -0.2) is 0 Å². The zero-order chi connectivity index (χ0) is 12.4. The van der Waals surface area contributed by atoms with E-state index in [1.54, 1.807) is 12.1 Å². The average Bonchev–Trinajstić information content (AvgIpc) is 2.59. The number of fused-ring (bicyclic) bond motifs is 1. The lowest BCUT2D eigenvalue weighted by molar-refractivity contribution is -0.242. The van der Waals surface area contributed by atoms with E-state index < -0.39 is 6.09 Å². The third kappa shape index (κ3) is 2.57. The van der Waals surface area contributed by atoms with E-state index in [0.29, 0.717) is 5.69 Å². The second kappa shape index (κ2) is 4.47. The number of anilines is 1. The lowest BCUT2D eigenvalue weighted by Gasteiger charge is -2.09. The lowest BCUT2D eigenvalue weighted by atomic mass is 10.1. The number of nitrogens with one attached hydrogen (secondary N) is 2. The highest BCUT2D eigenvalue weighted by molar-refractivity contribution is 5.90. The molecule has 0 atom stereocenters. The molecule has 2 aromatic rings. The van der Waals surface area contributed by atoms with Crippen molar-refractivity contribution >= 4 is 22.7 Å². The predicted molar refractivity (Wildman–Crippen MR) is 64.7 cm³/mol. The molecule has 0 aliphatic rings. The largest absolute Gasteiger partial charge is 0.530 e. The molecule has 17 heavy (non-hydrogen) atoms. The summed E-state index contributed by atoms with van der Waals surface area (Å²) < 4.78 is 0. The van der Waals surface area contributed by atoms with Crippen molar-refractivity contribution in [3.63, 3.8) is 0 Å². The minimum absolute atomic E-state index is 0.525. The van der Waals surface area contributed by atoms with Crippen LogP contribution in [0, 0.1) is 0 Å². The highest BCUT2D eigenvalue weighted by atomic mass is 16.4. The van der Waals surface area contributed by atoms with Crippen LogP contribution in [0.1, 0.15) is 5.56 Å². The van der Waals surface area contributed by atoms with Crippen molar-refractivity contribution in [3.05, 3.63) is 30.0 Å². The number of aromatic amines is 1. The van der Waals surface area contributed by atoms with Gasteiger partial charge in [0.15, 0.2) is 0 Å². The minimum atomic E-state index is -1.30. The Morgan fingerprint density at radius 1 is 1.47 bits per heavy atom. The van der Waals surface area contributed by atoms with Gasteiger partial charge in [0.25, 0.3) is 0 Å². The summed E-state index contributed by atoms with van der Waals surface area (Å²) in [5, 5.41) is 13.7. The van der Waals surface area contributed by atoms with Gasteiger partial charge in [-0.1, -0.05) is 0 Å². The van der Waals surface area contributed by atoms with Crippen LogP contribution in [0.25, 0.3) is 10.9 Å². The Labute approximate surface area is 99.0 Å². The first kappa shape index (κ1) is 11.5. The van der Waals surface area contributed by atoms with Crippen LogP contribution in [0.5, 0.6) is 0 Å². The van der Waals surface area contributed by atoms with E-state index in [1.807, 2.05) is 26.4 Å². The maximum absolute atomic E-state index is 10.5. The monoisotopic (exact) mass is 232 g/mol. The first-order chi connectivity index (χ1) is 8.06. The lowest BCUT2D eigenvalue weighted by Crippen LogP contribution is -2.28. The normalized spacial score (nSPS) is 11.0. The van der Waals surface area contributed by atoms with E-state index in [-0.39, 0.29) is 0 Å². The SMILES string of the molecule is CN(C)Cc1c[nH]c2ccc(NC(=O)[O-])cc12. The topological polar surface area (TPSA) is 71.2 Å². The number of hydrogen-bond acceptors (Lipinski definition) is 3. The van der Waals surface area contributed by atoms with Gasteiger partial charge in [0, 0.05) is 29.3 Å². The van der Waals surface area contributed by atoms with Crippen molar-refractivity contribution < 1.29 is 9.90 Å². The summed E-state index contributed by atoms with van der Waals surface area (Å²) in [6, 6.07) is 5.36. The number of nitrogens with zero attached hydrogens (tertiary/aromatic N) is 1. The summed E-state index contributed by atoms with van der Waals surface area (Å²) in [5.41, 5.74) is 2.65. The third-order valence-electron chi connectivity index (χ3n) is 2.50. The Morgan fingerprint density at radius 2 is 2.24 bits per heavy atom. The number of carboxylic acid groups (broad SMARTS) is 1. The molecule has 5 nitrogen and oxygen atoms in total. The number of aromatic nitrogens is 1. The molecule has 2 N–H and O–H groups in total. The quantitative estimate of drug-likeness (QED) is 0.828. The molecule has 1 aromatic carbocycles. The highest BCUT2D eigenvalue weighted by Crippen LogP contribution is 2.23. The van der Waals surface area contributed by atoms with Gasteiger partial charge >= 0.3 is 0 Å². The van der Waals surface area contributed by atoms with Crippen LogP contribution in [0.2, 0.25) is 0 Å². The molecule has 0 aliphatic carbocycles. The Balaban J connectivity index is 2.39. The van der Waals surface area contributed by atoms with Crippen LogP contribution < -0.4 is 10.4 Å². The molecule has 1 heterocycles. The maximum Gasteiger partial charge on any atom is 0.138 e. The molecule has 0 radical (unpaired) electrons. The van der Waals surface area contributed by atoms with Crippen LogP contribution in [0.15, 0.2) is 24.4 Å². The first-order valence-electron chi connectivity index (χ1n) is 5.29. The van der Waals surface area contributed by atoms with Gasteiger partial charge < -0.3 is 25.1 Å². The first-order valence-corrected chi connectivity index (χ1v) is 5.29. The number of rotatable bonds is 3. The van der Waals surface area contributed by atoms with Crippen molar-refractivity contribution in [2.75, 3.05) is 19.4 Å². The van der Waals surface area contributed by atoms with Crippen molar-refractivity contribution in [2.24, 2.45) is 0 Å². The van der Waals surface area contributed by atoms with Crippen LogP contribution >= 0.6 is 0 Å². The van der Waals surface area contributed by atoms with Crippen molar-refractivity contribution in [1.29, 1.82) is 0 Å². The van der Waals surface area contributed by atoms with Crippen LogP contribution in [0.3, 0.4) is 0 Å². The Bertz CT molecular complexity index is 546. The molecule has 0 unspecified atom stereocenters. The highest BCUT2D eigenvalue weighted by Gasteiger charge is 2.05. The molecule has 1 amide bonds. The van der Waals surface area contributed by atoms with Gasteiger partial charge in [-0.15, -0.1) is 0 Å². The summed E-state index contributed by atoms with van der Waals surface area (Å²) in [5.74, 6) is 0. The second-order valence-corrected chi connectivity index (χ2v) is 4.22. The molecule has 5 heteroatoms. The number of carbonyl (C=O) groups excluding carboxylic acids is 1. The maximum atomic E-state index is 10.5. The van der Waals surface area contributed by atoms with E-state index in [9.17, 15) is 9.90 Å². The number of H-pyrrole nitrogens is 1. The van der Waals surface area contributed by atoms with Gasteiger partial charge in [0.05, 0.1) is 0 Å². The standard InChI is InChI=1S/C12H15N3O2/c1-15(2)7-8-6-13-11-4-3-9(5-10(8)11)14-12(16)17/h3-6,13-14H,7H2,1-2H3,(H,16,17)/p-1. The van der Waals surface area contributed by atoms with Gasteiger partial charge in [-0.05, 0) is 37.9 Å². The molecule has 2 rings (SSSR count). The van der Waals surface area contributed by atoms with Gasteiger partial charge in [-0.3, -0.25) is 0 Å². The van der Waals surface area contributed by atoms with Crippen molar-refractivity contribution in [1.82, 2.24) is 9.88 Å². The van der Waals surface area contributed by atoms with Crippen molar-refractivity contribution in [3.8, 4) is 0 Å². The van der Waals surface area contributed by atoms with Crippen LogP contribution in [-0.2, 0) is 6.54 Å². The number of amides is 1. The molecule has 0 saturated carbocycles. The van der Waals surface area contributed by atoms with Gasteiger partial charge in [-0.2, -0.15) is 0 Å². The van der Waals surface area contributed by atoms with Crippen LogP contribution in [-0.4, -0.2) is 30.1 Å². The van der Waals surface area contributed by atoms with Gasteiger partial charge in [0.1, 0.15) is 6.09 Å². The van der Waals surface area contributed by atoms with E-state index in [0.717, 1.165) is 23.0 Å². The summed E-state index contributed by atoms with van der Waals surface area (Å²) in [6.07, 6.45) is 0.641. The molecule has 0 aliphatic heterocycles. The summed E-state index contributed by atoms with van der Waals surface area (Å²) >= 11 is 0. The fourth-order valence-electron chi connectivity index (χ4n) is 1.85. The van der Waals surface area contributed by atoms with Crippen LogP contribution in [0.4, 0.5) is 10.5 Å². The fourth-order valence-corrected chi connectivity index (χ4v) is 1.85. The molecular weight excluding hydrogens is 218 g/mol. The summed E-state index contributed by atoms with van der Waals surface area (Å²) in [4.78, 5) is 15.7. The molecule has 0 bridgehead atoms. The summed E-state index contributed by atoms with van der Waals surface area (Å²) in [6.45, 7) is 0.800. The van der Waals surface area contributed by atoms with E-state index in [1.165, 1.54) is 0 Å². The summed E-state index contributed by atoms with van der Waals surface area (Å²) in [7, 11) is 3.98. The molecular formula is C12H14N3O2-. The van der Waals surface area contributed by atoms with E-state index >= 15 is 0 Å². The zero-order valence-corrected chi connectivity index (χ0v) is 9.78. The Hall–Kier alpha value is -2.01. The number of hydrogen-bond donors (Lipinski definition) is 2. The molecule has 0 spiro atoms. The van der Waals surface area contributed by atoms with Crippen molar-refractivity contribution in [2.45, 2.75) is 6.54 Å². The Kier molecular flexibility index (Phi) is 3.01. The molecule has 0 fully saturated rings. The zero-order valence-electron chi connectivity index (χ0n) is 9.78. The van der Waals surface area contributed by atoms with Gasteiger partial charge in [0.2, 0.25) is 0 Å². The fraction of sp³-hybridized carbons (Fsp3) is 0.250. The van der Waals surface area contributed by atoms with E-state index in [4.69, 9.17) is 0 Å². The molecule has 90 valence electrons. The predicted octanol–water partition coefficient (Wildman–Crippen LogP) is 0.985.